The number of hydrogen-bond donors (Lipinski definition) is 2. The largest absolute Gasteiger partial charge is 0.326 e. The van der Waals surface area contributed by atoms with E-state index in [1.165, 1.54) is 0 Å². The van der Waals surface area contributed by atoms with E-state index in [-0.39, 0.29) is 5.34 Å². The summed E-state index contributed by atoms with van der Waals surface area (Å²) in [7, 11) is 0. The minimum atomic E-state index is -0.910. The molecule has 0 aliphatic heterocycles. The van der Waals surface area contributed by atoms with Crippen LogP contribution >= 0.6 is 23.2 Å². The highest BCUT2D eigenvalue weighted by Crippen LogP contribution is 2.16. The van der Waals surface area contributed by atoms with Crippen LogP contribution in [-0.2, 0) is 12.1 Å². The molecular weight excluding hydrogens is 245 g/mol. The smallest absolute Gasteiger partial charge is 0.126 e. The Morgan fingerprint density at radius 2 is 1.75 bits per heavy atom. The van der Waals surface area contributed by atoms with Crippen LogP contribution in [0.15, 0.2) is 24.3 Å². The molecule has 1 unspecified atom stereocenters. The van der Waals surface area contributed by atoms with Crippen molar-refractivity contribution in [2.45, 2.75) is 19.0 Å². The third-order valence-corrected chi connectivity index (χ3v) is 2.02. The molecule has 0 amide bonds. The number of benzene rings is 1. The first-order valence-corrected chi connectivity index (χ1v) is 5.70. The number of nitrogens with two attached hydrogens (primary N) is 2. The second-order valence-corrected chi connectivity index (χ2v) is 4.12. The van der Waals surface area contributed by atoms with Crippen molar-refractivity contribution in [1.82, 2.24) is 0 Å². The van der Waals surface area contributed by atoms with Crippen LogP contribution in [0.1, 0.15) is 18.1 Å². The third kappa shape index (κ3) is 4.82. The Bertz CT molecular complexity index is 341. The predicted octanol–water partition coefficient (Wildman–Crippen LogP) is 2.26. The Morgan fingerprint density at radius 1 is 1.31 bits per heavy atom. The van der Waals surface area contributed by atoms with Gasteiger partial charge in [-0.15, -0.1) is 23.2 Å². The SMILES string of the molecule is CC(N)(C#N)c1ccc(CN)cc1.ClCCl. The Balaban J connectivity index is 0.000000673. The summed E-state index contributed by atoms with van der Waals surface area (Å²) in [5.74, 6) is 0. The van der Waals surface area contributed by atoms with Gasteiger partial charge in [-0.25, -0.2) is 0 Å². The maximum Gasteiger partial charge on any atom is 0.126 e. The number of rotatable bonds is 2. The molecule has 0 bridgehead atoms. The van der Waals surface area contributed by atoms with E-state index in [1.54, 1.807) is 6.92 Å². The number of hydrogen-bond acceptors (Lipinski definition) is 3. The Morgan fingerprint density at radius 3 is 2.06 bits per heavy atom. The highest BCUT2D eigenvalue weighted by atomic mass is 35.5. The molecule has 0 aliphatic rings. The monoisotopic (exact) mass is 259 g/mol. The van der Waals surface area contributed by atoms with Crippen LogP contribution in [0.25, 0.3) is 0 Å². The molecular formula is C11H15Cl2N3. The summed E-state index contributed by atoms with van der Waals surface area (Å²) in [4.78, 5) is 0. The first-order chi connectivity index (χ1) is 7.51. The molecule has 0 fully saturated rings. The average Bonchev–Trinajstić information content (AvgIpc) is 2.30. The predicted molar refractivity (Wildman–Crippen MR) is 68.1 cm³/mol. The van der Waals surface area contributed by atoms with Gasteiger partial charge in [-0.3, -0.25) is 0 Å². The molecule has 16 heavy (non-hydrogen) atoms. The third-order valence-electron chi connectivity index (χ3n) is 2.02. The average molecular weight is 260 g/mol. The van der Waals surface area contributed by atoms with Crippen molar-refractivity contribution < 1.29 is 0 Å². The molecule has 1 rings (SSSR count). The highest BCUT2D eigenvalue weighted by molar-refractivity contribution is 6.40. The van der Waals surface area contributed by atoms with Gasteiger partial charge in [-0.2, -0.15) is 5.26 Å². The zero-order chi connectivity index (χ0) is 12.6. The van der Waals surface area contributed by atoms with E-state index in [1.807, 2.05) is 30.3 Å². The van der Waals surface area contributed by atoms with Crippen molar-refractivity contribution in [3.63, 3.8) is 0 Å². The van der Waals surface area contributed by atoms with Crippen LogP contribution < -0.4 is 11.5 Å². The van der Waals surface area contributed by atoms with Gasteiger partial charge in [-0.05, 0) is 18.1 Å². The van der Waals surface area contributed by atoms with Crippen LogP contribution in [0, 0.1) is 11.3 Å². The summed E-state index contributed by atoms with van der Waals surface area (Å²) >= 11 is 9.53. The van der Waals surface area contributed by atoms with Crippen LogP contribution in [0.4, 0.5) is 0 Å². The van der Waals surface area contributed by atoms with Crippen molar-refractivity contribution in [2.75, 3.05) is 5.34 Å². The van der Waals surface area contributed by atoms with Gasteiger partial charge < -0.3 is 11.5 Å². The Labute approximate surface area is 106 Å². The molecule has 0 aliphatic carbocycles. The topological polar surface area (TPSA) is 75.8 Å². The van der Waals surface area contributed by atoms with Gasteiger partial charge in [-0.1, -0.05) is 24.3 Å². The summed E-state index contributed by atoms with van der Waals surface area (Å²) in [6.07, 6.45) is 0. The molecule has 0 radical (unpaired) electrons. The lowest BCUT2D eigenvalue weighted by atomic mass is 9.94. The zero-order valence-corrected chi connectivity index (χ0v) is 10.6. The first kappa shape index (κ1) is 15.2. The van der Waals surface area contributed by atoms with Gasteiger partial charge in [0.15, 0.2) is 0 Å². The molecule has 0 spiro atoms. The van der Waals surface area contributed by atoms with E-state index < -0.39 is 5.54 Å². The lowest BCUT2D eigenvalue weighted by Crippen LogP contribution is -2.30. The molecule has 0 saturated heterocycles. The molecule has 4 N–H and O–H groups in total. The summed E-state index contributed by atoms with van der Waals surface area (Å²) < 4.78 is 0. The summed E-state index contributed by atoms with van der Waals surface area (Å²) in [6, 6.07) is 9.49. The van der Waals surface area contributed by atoms with Gasteiger partial charge in [0, 0.05) is 6.54 Å². The van der Waals surface area contributed by atoms with Gasteiger partial charge in [0.1, 0.15) is 5.54 Å². The molecule has 0 heterocycles. The quantitative estimate of drug-likeness (QED) is 0.801. The lowest BCUT2D eigenvalue weighted by Gasteiger charge is -2.15. The molecule has 0 saturated carbocycles. The van der Waals surface area contributed by atoms with E-state index in [4.69, 9.17) is 39.9 Å². The molecule has 88 valence electrons. The van der Waals surface area contributed by atoms with Gasteiger partial charge in [0.05, 0.1) is 11.4 Å². The fourth-order valence-electron chi connectivity index (χ4n) is 1.05. The maximum atomic E-state index is 8.77. The van der Waals surface area contributed by atoms with E-state index in [2.05, 4.69) is 0 Å². The minimum absolute atomic E-state index is 0.194. The van der Waals surface area contributed by atoms with Crippen molar-refractivity contribution >= 4 is 23.2 Å². The van der Waals surface area contributed by atoms with Crippen molar-refractivity contribution in [1.29, 1.82) is 5.26 Å². The number of halogens is 2. The summed E-state index contributed by atoms with van der Waals surface area (Å²) in [5.41, 5.74) is 12.1. The van der Waals surface area contributed by atoms with Crippen molar-refractivity contribution in [2.24, 2.45) is 11.5 Å². The van der Waals surface area contributed by atoms with E-state index in [9.17, 15) is 0 Å². The number of alkyl halides is 2. The first-order valence-electron chi connectivity index (χ1n) is 4.63. The number of nitrogens with zero attached hydrogens (tertiary/aromatic N) is 1. The summed E-state index contributed by atoms with van der Waals surface area (Å²) in [6.45, 7) is 2.19. The Kier molecular flexibility index (Phi) is 7.11. The second kappa shape index (κ2) is 7.48. The second-order valence-electron chi connectivity index (χ2n) is 3.32. The molecule has 3 nitrogen and oxygen atoms in total. The molecule has 1 aromatic carbocycles. The fraction of sp³-hybridized carbons (Fsp3) is 0.364. The van der Waals surface area contributed by atoms with Crippen molar-refractivity contribution in [3.8, 4) is 6.07 Å². The van der Waals surface area contributed by atoms with Gasteiger partial charge in [0.25, 0.3) is 0 Å². The highest BCUT2D eigenvalue weighted by Gasteiger charge is 2.19. The number of nitriles is 1. The van der Waals surface area contributed by atoms with Crippen molar-refractivity contribution in [3.05, 3.63) is 35.4 Å². The van der Waals surface area contributed by atoms with Crippen LogP contribution in [0.3, 0.4) is 0 Å². The van der Waals surface area contributed by atoms with Crippen LogP contribution in [0.2, 0.25) is 0 Å². The summed E-state index contributed by atoms with van der Waals surface area (Å²) in [5, 5.41) is 8.97. The Hall–Kier alpha value is -0.790. The molecule has 5 heteroatoms. The standard InChI is InChI=1S/C10H13N3.CH2Cl2/c1-10(13,7-12)9-4-2-8(6-11)3-5-9;2-1-3/h2-5H,6,11,13H2,1H3;1H2. The normalized spacial score (nSPS) is 13.0. The van der Waals surface area contributed by atoms with E-state index >= 15 is 0 Å². The molecule has 1 atom stereocenters. The van der Waals surface area contributed by atoms with E-state index in [0.717, 1.165) is 11.1 Å². The van der Waals surface area contributed by atoms with E-state index in [0.29, 0.717) is 6.54 Å². The van der Waals surface area contributed by atoms with Gasteiger partial charge >= 0.3 is 0 Å². The molecule has 0 aromatic heterocycles. The fourth-order valence-corrected chi connectivity index (χ4v) is 1.05. The maximum absolute atomic E-state index is 8.77. The zero-order valence-electron chi connectivity index (χ0n) is 9.08. The minimum Gasteiger partial charge on any atom is -0.326 e. The van der Waals surface area contributed by atoms with Crippen LogP contribution in [0.5, 0.6) is 0 Å². The van der Waals surface area contributed by atoms with Crippen LogP contribution in [-0.4, -0.2) is 5.34 Å². The lowest BCUT2D eigenvalue weighted by molar-refractivity contribution is 0.646. The molecule has 1 aromatic rings. The van der Waals surface area contributed by atoms with Gasteiger partial charge in [0.2, 0.25) is 0 Å².